The lowest BCUT2D eigenvalue weighted by Gasteiger charge is -2.04. The minimum absolute atomic E-state index is 0.732. The molecule has 2 aromatic carbocycles. The summed E-state index contributed by atoms with van der Waals surface area (Å²) in [6.07, 6.45) is 0. The Hall–Kier alpha value is -1.18. The average Bonchev–Trinajstić information content (AvgIpc) is 2.30. The standard InChI is InChI=1S/C14H11ClS/c1-10-2-4-11(5-3-10)14(16)12-6-8-13(15)9-7-12/h2-9H,1H3. The van der Waals surface area contributed by atoms with E-state index in [0.717, 1.165) is 21.0 Å². The van der Waals surface area contributed by atoms with Crippen molar-refractivity contribution in [3.05, 3.63) is 70.2 Å². The van der Waals surface area contributed by atoms with Crippen LogP contribution >= 0.6 is 23.8 Å². The maximum Gasteiger partial charge on any atom is 0.0521 e. The van der Waals surface area contributed by atoms with Crippen LogP contribution in [0.4, 0.5) is 0 Å². The van der Waals surface area contributed by atoms with Gasteiger partial charge >= 0.3 is 0 Å². The SMILES string of the molecule is Cc1ccc(C(=S)c2ccc(Cl)cc2)cc1. The third-order valence-corrected chi connectivity index (χ3v) is 3.14. The quantitative estimate of drug-likeness (QED) is 0.559. The number of hydrogen-bond donors (Lipinski definition) is 0. The molecule has 0 saturated carbocycles. The maximum atomic E-state index is 5.84. The molecular formula is C14H11ClS. The van der Waals surface area contributed by atoms with Crippen molar-refractivity contribution in [2.75, 3.05) is 0 Å². The van der Waals surface area contributed by atoms with E-state index in [1.165, 1.54) is 5.56 Å². The molecule has 0 heterocycles. The van der Waals surface area contributed by atoms with E-state index < -0.39 is 0 Å². The number of aryl methyl sites for hydroxylation is 1. The van der Waals surface area contributed by atoms with Crippen LogP contribution in [0.1, 0.15) is 16.7 Å². The Morgan fingerprint density at radius 2 is 1.31 bits per heavy atom. The van der Waals surface area contributed by atoms with E-state index in [2.05, 4.69) is 19.1 Å². The first-order chi connectivity index (χ1) is 7.66. The van der Waals surface area contributed by atoms with Gasteiger partial charge in [-0.05, 0) is 30.2 Å². The molecule has 16 heavy (non-hydrogen) atoms. The first kappa shape index (κ1) is 11.3. The number of hydrogen-bond acceptors (Lipinski definition) is 1. The van der Waals surface area contributed by atoms with Crippen LogP contribution in [0.25, 0.3) is 0 Å². The fraction of sp³-hybridized carbons (Fsp3) is 0.0714. The smallest absolute Gasteiger partial charge is 0.0521 e. The van der Waals surface area contributed by atoms with Gasteiger partial charge in [0, 0.05) is 5.02 Å². The highest BCUT2D eigenvalue weighted by Gasteiger charge is 2.03. The van der Waals surface area contributed by atoms with Crippen LogP contribution in [0, 0.1) is 6.92 Å². The molecule has 0 spiro atoms. The third kappa shape index (κ3) is 2.49. The van der Waals surface area contributed by atoms with Gasteiger partial charge in [-0.2, -0.15) is 0 Å². The topological polar surface area (TPSA) is 0 Å². The van der Waals surface area contributed by atoms with Gasteiger partial charge in [0.2, 0.25) is 0 Å². The summed E-state index contributed by atoms with van der Waals surface area (Å²) in [5, 5.41) is 0.732. The average molecular weight is 247 g/mol. The van der Waals surface area contributed by atoms with Crippen molar-refractivity contribution in [3.63, 3.8) is 0 Å². The Labute approximate surface area is 106 Å². The molecule has 2 aromatic rings. The largest absolute Gasteiger partial charge is 0.0843 e. The molecule has 80 valence electrons. The number of benzene rings is 2. The van der Waals surface area contributed by atoms with Crippen molar-refractivity contribution in [2.45, 2.75) is 6.92 Å². The zero-order valence-corrected chi connectivity index (χ0v) is 10.5. The van der Waals surface area contributed by atoms with Crippen molar-refractivity contribution in [1.82, 2.24) is 0 Å². The molecule has 0 saturated heterocycles. The molecule has 2 rings (SSSR count). The van der Waals surface area contributed by atoms with Gasteiger partial charge in [-0.1, -0.05) is 65.8 Å². The molecule has 0 amide bonds. The second-order valence-electron chi connectivity index (χ2n) is 3.70. The summed E-state index contributed by atoms with van der Waals surface area (Å²) < 4.78 is 0. The van der Waals surface area contributed by atoms with E-state index in [1.54, 1.807) is 0 Å². The van der Waals surface area contributed by atoms with Crippen LogP contribution in [0.2, 0.25) is 5.02 Å². The summed E-state index contributed by atoms with van der Waals surface area (Å²) >= 11 is 11.3. The minimum atomic E-state index is 0.732. The molecule has 0 radical (unpaired) electrons. The second-order valence-corrected chi connectivity index (χ2v) is 4.55. The highest BCUT2D eigenvalue weighted by molar-refractivity contribution is 7.81. The lowest BCUT2D eigenvalue weighted by molar-refractivity contribution is 1.46. The molecule has 0 aliphatic heterocycles. The molecule has 0 unspecified atom stereocenters. The predicted molar refractivity (Wildman–Crippen MR) is 73.4 cm³/mol. The molecule has 0 aromatic heterocycles. The second kappa shape index (κ2) is 4.77. The van der Waals surface area contributed by atoms with Gasteiger partial charge in [0.15, 0.2) is 0 Å². The first-order valence-corrected chi connectivity index (χ1v) is 5.82. The molecule has 0 aliphatic rings. The summed E-state index contributed by atoms with van der Waals surface area (Å²) in [5.74, 6) is 0. The Morgan fingerprint density at radius 3 is 1.81 bits per heavy atom. The first-order valence-electron chi connectivity index (χ1n) is 5.04. The zero-order valence-electron chi connectivity index (χ0n) is 8.91. The lowest BCUT2D eigenvalue weighted by Crippen LogP contribution is -1.98. The highest BCUT2D eigenvalue weighted by atomic mass is 35.5. The van der Waals surface area contributed by atoms with Gasteiger partial charge < -0.3 is 0 Å². The summed E-state index contributed by atoms with van der Waals surface area (Å²) in [5.41, 5.74) is 3.34. The zero-order chi connectivity index (χ0) is 11.5. The van der Waals surface area contributed by atoms with Crippen LogP contribution in [0.15, 0.2) is 48.5 Å². The Balaban J connectivity index is 2.32. The van der Waals surface area contributed by atoms with Crippen molar-refractivity contribution in [3.8, 4) is 0 Å². The summed E-state index contributed by atoms with van der Waals surface area (Å²) in [6, 6.07) is 15.8. The summed E-state index contributed by atoms with van der Waals surface area (Å²) in [7, 11) is 0. The van der Waals surface area contributed by atoms with Crippen LogP contribution in [0.5, 0.6) is 0 Å². The van der Waals surface area contributed by atoms with Crippen LogP contribution in [0.3, 0.4) is 0 Å². The molecular weight excluding hydrogens is 236 g/mol. The lowest BCUT2D eigenvalue weighted by atomic mass is 10.0. The highest BCUT2D eigenvalue weighted by Crippen LogP contribution is 2.15. The van der Waals surface area contributed by atoms with Gasteiger partial charge in [-0.3, -0.25) is 0 Å². The number of rotatable bonds is 2. The van der Waals surface area contributed by atoms with Crippen molar-refractivity contribution < 1.29 is 0 Å². The van der Waals surface area contributed by atoms with E-state index in [9.17, 15) is 0 Å². The van der Waals surface area contributed by atoms with Gasteiger partial charge in [0.25, 0.3) is 0 Å². The summed E-state index contributed by atoms with van der Waals surface area (Å²) in [4.78, 5) is 0.858. The van der Waals surface area contributed by atoms with Gasteiger partial charge in [0.1, 0.15) is 0 Å². The molecule has 0 aliphatic carbocycles. The minimum Gasteiger partial charge on any atom is -0.0843 e. The molecule has 0 nitrogen and oxygen atoms in total. The normalized spacial score (nSPS) is 10.1. The van der Waals surface area contributed by atoms with E-state index in [1.807, 2.05) is 36.4 Å². The predicted octanol–water partition coefficient (Wildman–Crippen LogP) is 4.41. The molecule has 0 fully saturated rings. The van der Waals surface area contributed by atoms with Gasteiger partial charge in [0.05, 0.1) is 4.86 Å². The van der Waals surface area contributed by atoms with E-state index in [4.69, 9.17) is 23.8 Å². The number of thiocarbonyl (C=S) groups is 1. The van der Waals surface area contributed by atoms with Crippen molar-refractivity contribution in [2.24, 2.45) is 0 Å². The van der Waals surface area contributed by atoms with Gasteiger partial charge in [-0.25, -0.2) is 0 Å². The van der Waals surface area contributed by atoms with Crippen molar-refractivity contribution in [1.29, 1.82) is 0 Å². The molecule has 0 N–H and O–H groups in total. The maximum absolute atomic E-state index is 5.84. The summed E-state index contributed by atoms with van der Waals surface area (Å²) in [6.45, 7) is 2.06. The fourth-order valence-corrected chi connectivity index (χ4v) is 1.87. The van der Waals surface area contributed by atoms with Crippen LogP contribution < -0.4 is 0 Å². The Morgan fingerprint density at radius 1 is 0.875 bits per heavy atom. The molecule has 2 heteroatoms. The Bertz CT molecular complexity index is 450. The third-order valence-electron chi connectivity index (χ3n) is 2.42. The fourth-order valence-electron chi connectivity index (χ4n) is 1.47. The van der Waals surface area contributed by atoms with Crippen LogP contribution in [-0.2, 0) is 0 Å². The molecule has 0 bridgehead atoms. The van der Waals surface area contributed by atoms with Crippen LogP contribution in [-0.4, -0.2) is 4.86 Å². The Kier molecular flexibility index (Phi) is 3.37. The monoisotopic (exact) mass is 246 g/mol. The number of halogens is 1. The van der Waals surface area contributed by atoms with Gasteiger partial charge in [-0.15, -0.1) is 0 Å². The van der Waals surface area contributed by atoms with E-state index in [0.29, 0.717) is 0 Å². The van der Waals surface area contributed by atoms with Crippen molar-refractivity contribution >= 4 is 28.7 Å². The molecule has 0 atom stereocenters. The van der Waals surface area contributed by atoms with E-state index in [-0.39, 0.29) is 0 Å². The van der Waals surface area contributed by atoms with E-state index >= 15 is 0 Å².